The maximum absolute atomic E-state index is 13.4. The van der Waals surface area contributed by atoms with Gasteiger partial charge in [-0.3, -0.25) is 14.5 Å². The lowest BCUT2D eigenvalue weighted by Crippen LogP contribution is -2.50. The van der Waals surface area contributed by atoms with Crippen LogP contribution >= 0.6 is 0 Å². The summed E-state index contributed by atoms with van der Waals surface area (Å²) in [6.07, 6.45) is 3.52. The standard InChI is InChI=1S/C27H31N6O5/c28-24(35)23(34)22(15-19-5-2-1-3-6-19)33(37)26(36)21-7-4-11-29-25(21)32-12-8-20(30-32)16-31-13-9-27(10-14-31)17-38-18-27/h1-8,11-12,22-23,34H,9-10,13-18H2,(H2,28,35)/q-1. The number of rotatable bonds is 9. The van der Waals surface area contributed by atoms with Gasteiger partial charge in [-0.2, -0.15) is 5.10 Å². The Kier molecular flexibility index (Phi) is 7.52. The van der Waals surface area contributed by atoms with Crippen molar-refractivity contribution in [3.8, 4) is 5.82 Å². The highest BCUT2D eigenvalue weighted by Gasteiger charge is 2.41. The van der Waals surface area contributed by atoms with E-state index in [9.17, 15) is 19.9 Å². The molecule has 2 aliphatic heterocycles. The van der Waals surface area contributed by atoms with Crippen LogP contribution < -0.4 is 5.73 Å². The third kappa shape index (κ3) is 5.46. The monoisotopic (exact) mass is 519 g/mol. The Morgan fingerprint density at radius 1 is 1.13 bits per heavy atom. The van der Waals surface area contributed by atoms with E-state index in [1.54, 1.807) is 42.6 Å². The molecule has 200 valence electrons. The van der Waals surface area contributed by atoms with Gasteiger partial charge in [-0.15, -0.1) is 0 Å². The van der Waals surface area contributed by atoms with Crippen LogP contribution in [0.4, 0.5) is 0 Å². The average Bonchev–Trinajstić information content (AvgIpc) is 3.39. The van der Waals surface area contributed by atoms with Crippen molar-refractivity contribution in [3.05, 3.63) is 83.0 Å². The highest BCUT2D eigenvalue weighted by Crippen LogP contribution is 2.38. The molecule has 4 heterocycles. The number of piperidine rings is 1. The van der Waals surface area contributed by atoms with Crippen molar-refractivity contribution in [2.24, 2.45) is 11.1 Å². The number of aromatic nitrogens is 3. The van der Waals surface area contributed by atoms with Crippen molar-refractivity contribution in [2.75, 3.05) is 26.3 Å². The third-order valence-corrected chi connectivity index (χ3v) is 7.44. The number of hydroxylamine groups is 2. The van der Waals surface area contributed by atoms with Gasteiger partial charge in [0.05, 0.1) is 30.5 Å². The molecular formula is C27H31N6O5-. The SMILES string of the molecule is NC(=O)C(O)C(Cc1ccccc1)N([O-])C(=O)c1cccnc1-n1ccc(CN2CCC3(CC2)COC3)n1. The van der Waals surface area contributed by atoms with Crippen LogP contribution in [0.5, 0.6) is 0 Å². The molecule has 2 aliphatic rings. The molecule has 3 N–H and O–H groups in total. The summed E-state index contributed by atoms with van der Waals surface area (Å²) in [7, 11) is 0. The van der Waals surface area contributed by atoms with E-state index in [2.05, 4.69) is 15.0 Å². The van der Waals surface area contributed by atoms with E-state index in [1.807, 2.05) is 6.07 Å². The molecule has 2 unspecified atom stereocenters. The number of likely N-dealkylation sites (tertiary alicyclic amines) is 1. The van der Waals surface area contributed by atoms with Gasteiger partial charge in [0.1, 0.15) is 0 Å². The topological polar surface area (TPSA) is 150 Å². The summed E-state index contributed by atoms with van der Waals surface area (Å²) in [4.78, 5) is 31.8. The molecule has 11 nitrogen and oxygen atoms in total. The second-order valence-corrected chi connectivity index (χ2v) is 10.1. The van der Waals surface area contributed by atoms with Gasteiger partial charge in [-0.25, -0.2) is 9.67 Å². The Labute approximate surface area is 220 Å². The summed E-state index contributed by atoms with van der Waals surface area (Å²) >= 11 is 0. The van der Waals surface area contributed by atoms with E-state index >= 15 is 0 Å². The molecule has 2 fully saturated rings. The number of hydrogen-bond donors (Lipinski definition) is 2. The summed E-state index contributed by atoms with van der Waals surface area (Å²) in [5, 5.41) is 28.4. The van der Waals surface area contributed by atoms with Crippen molar-refractivity contribution in [2.45, 2.75) is 38.0 Å². The van der Waals surface area contributed by atoms with Crippen LogP contribution in [-0.4, -0.2) is 80.1 Å². The second-order valence-electron chi connectivity index (χ2n) is 10.1. The fourth-order valence-electron chi connectivity index (χ4n) is 5.04. The summed E-state index contributed by atoms with van der Waals surface area (Å²) in [6, 6.07) is 12.3. The van der Waals surface area contributed by atoms with E-state index in [4.69, 9.17) is 10.5 Å². The third-order valence-electron chi connectivity index (χ3n) is 7.44. The first kappa shape index (κ1) is 26.0. The molecule has 2 atom stereocenters. The first-order valence-corrected chi connectivity index (χ1v) is 12.7. The van der Waals surface area contributed by atoms with Crippen LogP contribution in [0, 0.1) is 10.6 Å². The maximum atomic E-state index is 13.4. The summed E-state index contributed by atoms with van der Waals surface area (Å²) in [6.45, 7) is 4.31. The van der Waals surface area contributed by atoms with E-state index < -0.39 is 24.0 Å². The van der Waals surface area contributed by atoms with Crippen LogP contribution in [0.3, 0.4) is 0 Å². The number of aliphatic hydroxyl groups is 1. The number of ether oxygens (including phenoxy) is 1. The van der Waals surface area contributed by atoms with Crippen molar-refractivity contribution in [3.63, 3.8) is 0 Å². The predicted molar refractivity (Wildman–Crippen MR) is 138 cm³/mol. The number of hydrogen-bond acceptors (Lipinski definition) is 8. The molecule has 1 spiro atoms. The van der Waals surface area contributed by atoms with Crippen LogP contribution in [0.15, 0.2) is 60.9 Å². The number of pyridine rings is 1. The molecule has 0 aliphatic carbocycles. The van der Waals surface area contributed by atoms with Crippen molar-refractivity contribution in [1.82, 2.24) is 24.7 Å². The zero-order valence-corrected chi connectivity index (χ0v) is 21.0. The molecule has 11 heteroatoms. The molecule has 5 rings (SSSR count). The fraction of sp³-hybridized carbons (Fsp3) is 0.407. The molecule has 2 saturated heterocycles. The van der Waals surface area contributed by atoms with Gasteiger partial charge < -0.3 is 25.8 Å². The fourth-order valence-corrected chi connectivity index (χ4v) is 5.04. The van der Waals surface area contributed by atoms with Crippen molar-refractivity contribution in [1.29, 1.82) is 0 Å². The smallest absolute Gasteiger partial charge is 0.248 e. The van der Waals surface area contributed by atoms with Crippen LogP contribution in [0.1, 0.15) is 34.5 Å². The van der Waals surface area contributed by atoms with Crippen molar-refractivity contribution < 1.29 is 19.4 Å². The predicted octanol–water partition coefficient (Wildman–Crippen LogP) is 1.28. The van der Waals surface area contributed by atoms with Gasteiger partial charge in [0.15, 0.2) is 11.9 Å². The highest BCUT2D eigenvalue weighted by molar-refractivity contribution is 5.98. The lowest BCUT2D eigenvalue weighted by Gasteiger charge is -2.47. The number of primary amides is 1. The number of carbonyl (C=O) groups excluding carboxylic acids is 2. The Hall–Kier alpha value is -3.64. The number of nitrogens with two attached hydrogens (primary N) is 1. The number of carbonyl (C=O) groups is 2. The van der Waals surface area contributed by atoms with Gasteiger partial charge in [-0.05, 0) is 56.1 Å². The van der Waals surface area contributed by atoms with Crippen molar-refractivity contribution >= 4 is 11.8 Å². The van der Waals surface area contributed by atoms with E-state index in [1.165, 1.54) is 16.9 Å². The normalized spacial score (nSPS) is 18.5. The number of benzene rings is 1. The number of amides is 2. The molecule has 1 aromatic carbocycles. The van der Waals surface area contributed by atoms with Gasteiger partial charge in [0, 0.05) is 24.4 Å². The zero-order chi connectivity index (χ0) is 26.7. The Morgan fingerprint density at radius 3 is 2.53 bits per heavy atom. The zero-order valence-electron chi connectivity index (χ0n) is 21.0. The Balaban J connectivity index is 1.32. The minimum Gasteiger partial charge on any atom is -0.756 e. The van der Waals surface area contributed by atoms with Crippen LogP contribution in [0.25, 0.3) is 5.82 Å². The van der Waals surface area contributed by atoms with E-state index in [0.717, 1.165) is 44.8 Å². The van der Waals surface area contributed by atoms with Crippen LogP contribution in [0.2, 0.25) is 0 Å². The minimum absolute atomic E-state index is 0.00298. The van der Waals surface area contributed by atoms with E-state index in [-0.39, 0.29) is 22.9 Å². The first-order valence-electron chi connectivity index (χ1n) is 12.7. The van der Waals surface area contributed by atoms with Gasteiger partial charge in [0.2, 0.25) is 11.8 Å². The molecule has 2 amide bonds. The van der Waals surface area contributed by atoms with Gasteiger partial charge >= 0.3 is 0 Å². The lowest BCUT2D eigenvalue weighted by atomic mass is 9.77. The molecule has 0 bridgehead atoms. The Bertz CT molecular complexity index is 1270. The molecule has 3 aromatic rings. The molecule has 2 aromatic heterocycles. The van der Waals surface area contributed by atoms with Gasteiger partial charge in [0.25, 0.3) is 0 Å². The summed E-state index contributed by atoms with van der Waals surface area (Å²) in [5.74, 6) is -1.85. The Morgan fingerprint density at radius 2 is 1.87 bits per heavy atom. The summed E-state index contributed by atoms with van der Waals surface area (Å²) in [5.41, 5.74) is 7.13. The maximum Gasteiger partial charge on any atom is 0.248 e. The van der Waals surface area contributed by atoms with E-state index in [0.29, 0.717) is 17.5 Å². The molecule has 0 saturated carbocycles. The molecule has 38 heavy (non-hydrogen) atoms. The number of nitrogens with zero attached hydrogens (tertiary/aromatic N) is 5. The summed E-state index contributed by atoms with van der Waals surface area (Å²) < 4.78 is 6.88. The molecular weight excluding hydrogens is 488 g/mol. The largest absolute Gasteiger partial charge is 0.756 e. The first-order chi connectivity index (χ1) is 18.3. The molecule has 0 radical (unpaired) electrons. The quantitative estimate of drug-likeness (QED) is 0.402. The second kappa shape index (κ2) is 11.0. The average molecular weight is 520 g/mol. The van der Waals surface area contributed by atoms with Gasteiger partial charge in [-0.1, -0.05) is 30.3 Å². The minimum atomic E-state index is -1.84. The highest BCUT2D eigenvalue weighted by atomic mass is 16.5. The lowest BCUT2D eigenvalue weighted by molar-refractivity contribution is -0.140. The number of aliphatic hydroxyl groups excluding tert-OH is 1. The van der Waals surface area contributed by atoms with Crippen LogP contribution in [-0.2, 0) is 22.5 Å².